The van der Waals surface area contributed by atoms with Crippen molar-refractivity contribution in [3.8, 4) is 0 Å². The number of esters is 1. The van der Waals surface area contributed by atoms with Gasteiger partial charge in [-0.2, -0.15) is 0 Å². The van der Waals surface area contributed by atoms with E-state index in [1.165, 1.54) is 0 Å². The summed E-state index contributed by atoms with van der Waals surface area (Å²) in [7, 11) is 0. The van der Waals surface area contributed by atoms with Crippen LogP contribution in [0, 0.1) is 5.92 Å². The number of hydrogen-bond acceptors (Lipinski definition) is 6. The van der Waals surface area contributed by atoms with E-state index in [2.05, 4.69) is 5.32 Å². The van der Waals surface area contributed by atoms with E-state index in [-0.39, 0.29) is 18.8 Å². The van der Waals surface area contributed by atoms with Gasteiger partial charge >= 0.3 is 12.1 Å². The second-order valence-corrected chi connectivity index (χ2v) is 9.52. The molecule has 0 spiro atoms. The first-order valence-electron chi connectivity index (χ1n) is 9.69. The van der Waals surface area contributed by atoms with Crippen molar-refractivity contribution >= 4 is 23.9 Å². The highest BCUT2D eigenvalue weighted by molar-refractivity contribution is 6.01. The molecule has 0 aromatic rings. The number of amides is 3. The molecule has 28 heavy (non-hydrogen) atoms. The summed E-state index contributed by atoms with van der Waals surface area (Å²) in [6.07, 6.45) is -0.216. The number of rotatable bonds is 5. The summed E-state index contributed by atoms with van der Waals surface area (Å²) in [5, 5.41) is 2.67. The quantitative estimate of drug-likeness (QED) is 0.715. The number of ether oxygens (including phenoxy) is 2. The molecular weight excluding hydrogens is 364 g/mol. The minimum absolute atomic E-state index is 0.0681. The minimum Gasteiger partial charge on any atom is -0.458 e. The van der Waals surface area contributed by atoms with Gasteiger partial charge in [0.15, 0.2) is 0 Å². The van der Waals surface area contributed by atoms with E-state index < -0.39 is 47.2 Å². The van der Waals surface area contributed by atoms with Crippen molar-refractivity contribution in [3.05, 3.63) is 0 Å². The molecule has 160 valence electrons. The monoisotopic (exact) mass is 398 g/mol. The summed E-state index contributed by atoms with van der Waals surface area (Å²) in [5.41, 5.74) is -1.49. The van der Waals surface area contributed by atoms with Crippen LogP contribution in [0.2, 0.25) is 0 Å². The molecule has 0 saturated carbocycles. The number of nitrogens with one attached hydrogen (secondary N) is 1. The summed E-state index contributed by atoms with van der Waals surface area (Å²) >= 11 is 0. The SMILES string of the molecule is CC(C)C[C@H](NC(=O)[C@@H]1CCC(=O)N1C(=O)OC(C)(C)C)C(=O)OC(C)(C)C. The second kappa shape index (κ2) is 8.92. The Bertz CT molecular complexity index is 615. The molecular formula is C20H34N2O6. The third-order valence-electron chi connectivity index (χ3n) is 3.82. The molecule has 1 fully saturated rings. The summed E-state index contributed by atoms with van der Waals surface area (Å²) in [6, 6.07) is -1.86. The van der Waals surface area contributed by atoms with E-state index >= 15 is 0 Å². The fraction of sp³-hybridized carbons (Fsp3) is 0.800. The Balaban J connectivity index is 2.94. The number of imide groups is 1. The first-order chi connectivity index (χ1) is 12.6. The fourth-order valence-corrected chi connectivity index (χ4v) is 2.80. The molecule has 0 aliphatic carbocycles. The molecule has 1 aliphatic rings. The lowest BCUT2D eigenvalue weighted by Crippen LogP contribution is -2.53. The van der Waals surface area contributed by atoms with E-state index in [0.29, 0.717) is 6.42 Å². The van der Waals surface area contributed by atoms with Crippen LogP contribution in [0.15, 0.2) is 0 Å². The van der Waals surface area contributed by atoms with E-state index in [4.69, 9.17) is 9.47 Å². The highest BCUT2D eigenvalue weighted by Crippen LogP contribution is 2.23. The molecule has 8 heteroatoms. The number of carbonyl (C=O) groups is 4. The highest BCUT2D eigenvalue weighted by atomic mass is 16.6. The van der Waals surface area contributed by atoms with Gasteiger partial charge in [0.05, 0.1) is 0 Å². The molecule has 0 bridgehead atoms. The zero-order valence-electron chi connectivity index (χ0n) is 18.3. The van der Waals surface area contributed by atoms with Crippen molar-refractivity contribution in [1.29, 1.82) is 0 Å². The van der Waals surface area contributed by atoms with Crippen LogP contribution in [0.5, 0.6) is 0 Å². The fourth-order valence-electron chi connectivity index (χ4n) is 2.80. The molecule has 2 atom stereocenters. The van der Waals surface area contributed by atoms with Gasteiger partial charge in [-0.15, -0.1) is 0 Å². The van der Waals surface area contributed by atoms with E-state index in [9.17, 15) is 19.2 Å². The first kappa shape index (κ1) is 23.9. The van der Waals surface area contributed by atoms with Crippen molar-refractivity contribution in [2.24, 2.45) is 5.92 Å². The molecule has 1 rings (SSSR count). The Morgan fingerprint density at radius 2 is 1.61 bits per heavy atom. The van der Waals surface area contributed by atoms with Crippen LogP contribution in [-0.2, 0) is 23.9 Å². The van der Waals surface area contributed by atoms with Gasteiger partial charge in [-0.1, -0.05) is 13.8 Å². The average Bonchev–Trinajstić information content (AvgIpc) is 2.84. The molecule has 1 N–H and O–H groups in total. The van der Waals surface area contributed by atoms with Crippen LogP contribution >= 0.6 is 0 Å². The van der Waals surface area contributed by atoms with Gasteiger partial charge in [0.2, 0.25) is 11.8 Å². The zero-order valence-corrected chi connectivity index (χ0v) is 18.3. The van der Waals surface area contributed by atoms with Crippen LogP contribution in [0.4, 0.5) is 4.79 Å². The maximum absolute atomic E-state index is 12.8. The standard InChI is InChI=1S/C20H34N2O6/c1-12(2)11-13(17(25)27-19(3,4)5)21-16(24)14-9-10-15(23)22(14)18(26)28-20(6,7)8/h12-14H,9-11H2,1-8H3,(H,21,24)/t13-,14-/m0/s1. The number of carbonyl (C=O) groups excluding carboxylic acids is 4. The third-order valence-corrected chi connectivity index (χ3v) is 3.82. The lowest BCUT2D eigenvalue weighted by Gasteiger charge is -2.29. The molecule has 0 aromatic heterocycles. The van der Waals surface area contributed by atoms with Crippen molar-refractivity contribution < 1.29 is 28.7 Å². The van der Waals surface area contributed by atoms with Crippen LogP contribution in [0.3, 0.4) is 0 Å². The Morgan fingerprint density at radius 1 is 1.07 bits per heavy atom. The van der Waals surface area contributed by atoms with Crippen molar-refractivity contribution in [2.75, 3.05) is 0 Å². The van der Waals surface area contributed by atoms with Gasteiger partial charge in [-0.05, 0) is 60.3 Å². The van der Waals surface area contributed by atoms with Gasteiger partial charge in [-0.25, -0.2) is 14.5 Å². The maximum atomic E-state index is 12.8. The van der Waals surface area contributed by atoms with Crippen LogP contribution in [0.25, 0.3) is 0 Å². The zero-order chi connectivity index (χ0) is 21.9. The number of nitrogens with zero attached hydrogens (tertiary/aromatic N) is 1. The van der Waals surface area contributed by atoms with Crippen molar-refractivity contribution in [1.82, 2.24) is 10.2 Å². The van der Waals surface area contributed by atoms with Gasteiger partial charge in [0, 0.05) is 6.42 Å². The van der Waals surface area contributed by atoms with Gasteiger partial charge < -0.3 is 14.8 Å². The van der Waals surface area contributed by atoms with Gasteiger partial charge in [0.1, 0.15) is 23.3 Å². The number of hydrogen-bond donors (Lipinski definition) is 1. The number of likely N-dealkylation sites (tertiary alicyclic amines) is 1. The molecule has 3 amide bonds. The lowest BCUT2D eigenvalue weighted by atomic mass is 10.0. The summed E-state index contributed by atoms with van der Waals surface area (Å²) in [6.45, 7) is 14.1. The molecule has 0 aromatic carbocycles. The Kier molecular flexibility index (Phi) is 7.62. The normalized spacial score (nSPS) is 18.8. The smallest absolute Gasteiger partial charge is 0.417 e. The Labute approximate surface area is 167 Å². The summed E-state index contributed by atoms with van der Waals surface area (Å²) in [4.78, 5) is 50.7. The largest absolute Gasteiger partial charge is 0.458 e. The summed E-state index contributed by atoms with van der Waals surface area (Å²) < 4.78 is 10.6. The second-order valence-electron chi connectivity index (χ2n) is 9.52. The molecule has 0 unspecified atom stereocenters. The van der Waals surface area contributed by atoms with Crippen molar-refractivity contribution in [3.63, 3.8) is 0 Å². The summed E-state index contributed by atoms with van der Waals surface area (Å²) in [5.74, 6) is -1.44. The topological polar surface area (TPSA) is 102 Å². The van der Waals surface area contributed by atoms with Crippen molar-refractivity contribution in [2.45, 2.75) is 97.9 Å². The lowest BCUT2D eigenvalue weighted by molar-refractivity contribution is -0.159. The first-order valence-corrected chi connectivity index (χ1v) is 9.69. The average molecular weight is 399 g/mol. The third kappa shape index (κ3) is 7.48. The van der Waals surface area contributed by atoms with Gasteiger partial charge in [0.25, 0.3) is 0 Å². The molecule has 1 aliphatic heterocycles. The maximum Gasteiger partial charge on any atom is 0.417 e. The Hall–Kier alpha value is -2.12. The van der Waals surface area contributed by atoms with E-state index in [1.54, 1.807) is 41.5 Å². The van der Waals surface area contributed by atoms with Crippen LogP contribution in [-0.4, -0.2) is 52.1 Å². The highest BCUT2D eigenvalue weighted by Gasteiger charge is 2.43. The Morgan fingerprint density at radius 3 is 2.07 bits per heavy atom. The molecule has 1 saturated heterocycles. The molecule has 8 nitrogen and oxygen atoms in total. The van der Waals surface area contributed by atoms with Gasteiger partial charge in [-0.3, -0.25) is 9.59 Å². The van der Waals surface area contributed by atoms with E-state index in [1.807, 2.05) is 13.8 Å². The minimum atomic E-state index is -1.00. The van der Waals surface area contributed by atoms with Crippen LogP contribution < -0.4 is 5.32 Å². The predicted octanol–water partition coefficient (Wildman–Crippen LogP) is 2.79. The predicted molar refractivity (Wildman–Crippen MR) is 103 cm³/mol. The van der Waals surface area contributed by atoms with E-state index in [0.717, 1.165) is 4.90 Å². The molecule has 0 radical (unpaired) electrons. The van der Waals surface area contributed by atoms with Crippen LogP contribution in [0.1, 0.15) is 74.7 Å². The molecule has 1 heterocycles.